The third kappa shape index (κ3) is 2.61. The maximum absolute atomic E-state index is 5.42. The lowest BCUT2D eigenvalue weighted by Gasteiger charge is -2.00. The van der Waals surface area contributed by atoms with Crippen molar-refractivity contribution in [3.8, 4) is 22.6 Å². The lowest BCUT2D eigenvalue weighted by molar-refractivity contribution is 0.124. The highest BCUT2D eigenvalue weighted by Crippen LogP contribution is 2.26. The molecule has 0 atom stereocenters. The average molecular weight is 266 g/mol. The Bertz CT molecular complexity index is 692. The number of rotatable bonds is 4. The maximum Gasteiger partial charge on any atom is 0.167 e. The zero-order valence-electron chi connectivity index (χ0n) is 10.8. The molecule has 0 fully saturated rings. The van der Waals surface area contributed by atoms with Gasteiger partial charge in [-0.25, -0.2) is 5.90 Å². The molecule has 100 valence electrons. The molecule has 20 heavy (non-hydrogen) atoms. The van der Waals surface area contributed by atoms with Crippen molar-refractivity contribution in [1.29, 1.82) is 0 Å². The maximum atomic E-state index is 5.42. The van der Waals surface area contributed by atoms with Crippen LogP contribution < -0.4 is 5.90 Å². The van der Waals surface area contributed by atoms with E-state index in [1.165, 1.54) is 0 Å². The number of nitrogens with zero attached hydrogens (tertiary/aromatic N) is 1. The summed E-state index contributed by atoms with van der Waals surface area (Å²) in [6.07, 6.45) is 0. The van der Waals surface area contributed by atoms with Crippen LogP contribution in [0.2, 0.25) is 0 Å². The van der Waals surface area contributed by atoms with Crippen molar-refractivity contribution in [1.82, 2.24) is 5.16 Å². The fraction of sp³-hybridized carbons (Fsp3) is 0.0625. The zero-order chi connectivity index (χ0) is 13.8. The molecular formula is C16H14N2O2. The van der Waals surface area contributed by atoms with E-state index in [1.807, 2.05) is 60.7 Å². The fourth-order valence-electron chi connectivity index (χ4n) is 2.07. The second-order valence-electron chi connectivity index (χ2n) is 4.45. The number of aromatic nitrogens is 1. The van der Waals surface area contributed by atoms with Crippen molar-refractivity contribution in [2.24, 2.45) is 5.90 Å². The SMILES string of the molecule is NOCc1cccc(-c2cc(-c3ccccc3)no2)c1. The molecule has 0 aliphatic heterocycles. The summed E-state index contributed by atoms with van der Waals surface area (Å²) in [4.78, 5) is 4.65. The molecule has 0 bridgehead atoms. The minimum Gasteiger partial charge on any atom is -0.356 e. The molecule has 0 saturated heterocycles. The van der Waals surface area contributed by atoms with Gasteiger partial charge in [-0.05, 0) is 11.6 Å². The van der Waals surface area contributed by atoms with Gasteiger partial charge in [0.05, 0.1) is 6.61 Å². The van der Waals surface area contributed by atoms with Crippen molar-refractivity contribution in [2.45, 2.75) is 6.61 Å². The number of nitrogens with two attached hydrogens (primary N) is 1. The molecule has 4 nitrogen and oxygen atoms in total. The highest BCUT2D eigenvalue weighted by molar-refractivity contribution is 5.66. The summed E-state index contributed by atoms with van der Waals surface area (Å²) >= 11 is 0. The van der Waals surface area contributed by atoms with E-state index in [1.54, 1.807) is 0 Å². The molecule has 0 aliphatic rings. The second kappa shape index (κ2) is 5.69. The molecule has 0 amide bonds. The van der Waals surface area contributed by atoms with Crippen LogP contribution in [0.15, 0.2) is 65.2 Å². The molecule has 4 heteroatoms. The van der Waals surface area contributed by atoms with Gasteiger partial charge in [0, 0.05) is 17.2 Å². The number of hydrogen-bond acceptors (Lipinski definition) is 4. The first-order valence-corrected chi connectivity index (χ1v) is 6.30. The molecule has 0 aliphatic carbocycles. The van der Waals surface area contributed by atoms with Gasteiger partial charge in [-0.1, -0.05) is 53.7 Å². The summed E-state index contributed by atoms with van der Waals surface area (Å²) in [5, 5.41) is 4.11. The van der Waals surface area contributed by atoms with E-state index in [9.17, 15) is 0 Å². The molecular weight excluding hydrogens is 252 g/mol. The Balaban J connectivity index is 1.92. The Morgan fingerprint density at radius 3 is 2.55 bits per heavy atom. The zero-order valence-corrected chi connectivity index (χ0v) is 10.8. The van der Waals surface area contributed by atoms with Crippen LogP contribution in [0.5, 0.6) is 0 Å². The smallest absolute Gasteiger partial charge is 0.167 e. The van der Waals surface area contributed by atoms with Gasteiger partial charge in [-0.2, -0.15) is 0 Å². The van der Waals surface area contributed by atoms with Gasteiger partial charge in [0.15, 0.2) is 5.76 Å². The average Bonchev–Trinajstić information content (AvgIpc) is 2.99. The third-order valence-electron chi connectivity index (χ3n) is 3.04. The Hall–Kier alpha value is -2.43. The quantitative estimate of drug-likeness (QED) is 0.735. The number of hydrogen-bond donors (Lipinski definition) is 1. The van der Waals surface area contributed by atoms with Crippen LogP contribution >= 0.6 is 0 Å². The van der Waals surface area contributed by atoms with E-state index in [-0.39, 0.29) is 0 Å². The first-order valence-electron chi connectivity index (χ1n) is 6.30. The molecule has 0 unspecified atom stereocenters. The molecule has 1 aromatic heterocycles. The van der Waals surface area contributed by atoms with Crippen molar-refractivity contribution >= 4 is 0 Å². The lowest BCUT2D eigenvalue weighted by Crippen LogP contribution is -1.98. The predicted molar refractivity (Wildman–Crippen MR) is 76.4 cm³/mol. The van der Waals surface area contributed by atoms with Crippen molar-refractivity contribution in [2.75, 3.05) is 0 Å². The Kier molecular flexibility index (Phi) is 3.58. The summed E-state index contributed by atoms with van der Waals surface area (Å²) in [7, 11) is 0. The summed E-state index contributed by atoms with van der Waals surface area (Å²) < 4.78 is 5.42. The topological polar surface area (TPSA) is 61.3 Å². The molecule has 0 spiro atoms. The second-order valence-corrected chi connectivity index (χ2v) is 4.45. The number of benzene rings is 2. The van der Waals surface area contributed by atoms with E-state index in [0.29, 0.717) is 6.61 Å². The van der Waals surface area contributed by atoms with Crippen LogP contribution in [-0.4, -0.2) is 5.16 Å². The fourth-order valence-corrected chi connectivity index (χ4v) is 2.07. The normalized spacial score (nSPS) is 10.7. The van der Waals surface area contributed by atoms with Crippen LogP contribution in [0.4, 0.5) is 0 Å². The molecule has 3 aromatic rings. The molecule has 3 rings (SSSR count). The summed E-state index contributed by atoms with van der Waals surface area (Å²) in [5.74, 6) is 5.82. The van der Waals surface area contributed by atoms with Crippen LogP contribution in [0.1, 0.15) is 5.56 Å². The summed E-state index contributed by atoms with van der Waals surface area (Å²) in [6, 6.07) is 19.7. The van der Waals surface area contributed by atoms with Crippen molar-refractivity contribution in [3.05, 3.63) is 66.2 Å². The molecule has 1 heterocycles. The van der Waals surface area contributed by atoms with Gasteiger partial charge >= 0.3 is 0 Å². The van der Waals surface area contributed by atoms with Crippen molar-refractivity contribution < 1.29 is 9.36 Å². The predicted octanol–water partition coefficient (Wildman–Crippen LogP) is 3.40. The summed E-state index contributed by atoms with van der Waals surface area (Å²) in [6.45, 7) is 0.369. The van der Waals surface area contributed by atoms with Gasteiger partial charge < -0.3 is 4.52 Å². The van der Waals surface area contributed by atoms with Gasteiger partial charge in [0.2, 0.25) is 0 Å². The molecule has 2 N–H and O–H groups in total. The van der Waals surface area contributed by atoms with Crippen LogP contribution in [-0.2, 0) is 11.4 Å². The van der Waals surface area contributed by atoms with Crippen LogP contribution in [0.25, 0.3) is 22.6 Å². The minimum absolute atomic E-state index is 0.369. The molecule has 0 radical (unpaired) electrons. The Morgan fingerprint density at radius 1 is 0.950 bits per heavy atom. The third-order valence-corrected chi connectivity index (χ3v) is 3.04. The van der Waals surface area contributed by atoms with E-state index in [4.69, 9.17) is 10.4 Å². The van der Waals surface area contributed by atoms with Gasteiger partial charge in [-0.15, -0.1) is 0 Å². The largest absolute Gasteiger partial charge is 0.356 e. The van der Waals surface area contributed by atoms with Crippen LogP contribution in [0.3, 0.4) is 0 Å². The van der Waals surface area contributed by atoms with Gasteiger partial charge in [-0.3, -0.25) is 4.84 Å². The van der Waals surface area contributed by atoms with Gasteiger partial charge in [0.25, 0.3) is 0 Å². The van der Waals surface area contributed by atoms with E-state index in [0.717, 1.165) is 28.1 Å². The molecule has 0 saturated carbocycles. The van der Waals surface area contributed by atoms with Gasteiger partial charge in [0.1, 0.15) is 5.69 Å². The van der Waals surface area contributed by atoms with E-state index in [2.05, 4.69) is 9.99 Å². The first kappa shape index (κ1) is 12.6. The monoisotopic (exact) mass is 266 g/mol. The highest BCUT2D eigenvalue weighted by Gasteiger charge is 2.08. The Labute approximate surface area is 116 Å². The van der Waals surface area contributed by atoms with Crippen LogP contribution in [0, 0.1) is 0 Å². The standard InChI is InChI=1S/C16H14N2O2/c17-19-11-12-5-4-8-14(9-12)16-10-15(18-20-16)13-6-2-1-3-7-13/h1-10H,11,17H2. The van der Waals surface area contributed by atoms with E-state index >= 15 is 0 Å². The minimum atomic E-state index is 0.369. The van der Waals surface area contributed by atoms with Crippen molar-refractivity contribution in [3.63, 3.8) is 0 Å². The van der Waals surface area contributed by atoms with E-state index < -0.39 is 0 Å². The highest BCUT2D eigenvalue weighted by atomic mass is 16.6. The summed E-state index contributed by atoms with van der Waals surface area (Å²) in [5.41, 5.74) is 3.79. The Morgan fingerprint density at radius 2 is 1.75 bits per heavy atom. The first-order chi connectivity index (χ1) is 9.86. The molecule has 2 aromatic carbocycles. The lowest BCUT2D eigenvalue weighted by atomic mass is 10.1.